The number of morpholine rings is 1. The summed E-state index contributed by atoms with van der Waals surface area (Å²) in [6.07, 6.45) is 0. The number of rotatable bonds is 6. The predicted octanol–water partition coefficient (Wildman–Crippen LogP) is 2.46. The minimum absolute atomic E-state index is 0.0391. The van der Waals surface area contributed by atoms with Crippen LogP contribution >= 0.6 is 0 Å². The molecule has 2 fully saturated rings. The highest BCUT2D eigenvalue weighted by Gasteiger charge is 2.46. The summed E-state index contributed by atoms with van der Waals surface area (Å²) in [6, 6.07) is 10.7. The Labute approximate surface area is 192 Å². The lowest BCUT2D eigenvalue weighted by atomic mass is 9.94. The number of phenolic OH excluding ortho intramolecular Hbond substituents is 1. The number of likely N-dealkylation sites (tertiary alicyclic amines) is 1. The number of ketones is 1. The van der Waals surface area contributed by atoms with Crippen LogP contribution in [0.1, 0.15) is 22.7 Å². The molecule has 2 saturated heterocycles. The van der Waals surface area contributed by atoms with Crippen molar-refractivity contribution in [3.8, 4) is 11.5 Å². The molecule has 2 N–H and O–H groups in total. The molecule has 174 valence electrons. The summed E-state index contributed by atoms with van der Waals surface area (Å²) in [6.45, 7) is 5.56. The predicted molar refractivity (Wildman–Crippen MR) is 122 cm³/mol. The second kappa shape index (κ2) is 9.64. The van der Waals surface area contributed by atoms with Crippen LogP contribution in [0.5, 0.6) is 11.5 Å². The van der Waals surface area contributed by atoms with Gasteiger partial charge >= 0.3 is 0 Å². The number of nitrogens with zero attached hydrogens (tertiary/aromatic N) is 2. The number of ether oxygens (including phenoxy) is 2. The van der Waals surface area contributed by atoms with E-state index in [2.05, 4.69) is 4.90 Å². The average Bonchev–Trinajstić information content (AvgIpc) is 3.08. The highest BCUT2D eigenvalue weighted by atomic mass is 16.5. The monoisotopic (exact) mass is 452 g/mol. The Morgan fingerprint density at radius 1 is 1.09 bits per heavy atom. The third-order valence-corrected chi connectivity index (χ3v) is 6.18. The number of carbonyl (C=O) groups is 2. The van der Waals surface area contributed by atoms with Gasteiger partial charge in [-0.05, 0) is 48.4 Å². The van der Waals surface area contributed by atoms with Crippen molar-refractivity contribution in [3.63, 3.8) is 0 Å². The number of aryl methyl sites for hydroxylation is 1. The van der Waals surface area contributed by atoms with E-state index in [1.807, 2.05) is 6.92 Å². The van der Waals surface area contributed by atoms with Gasteiger partial charge in [0, 0.05) is 31.7 Å². The Hall–Kier alpha value is -3.36. The van der Waals surface area contributed by atoms with Crippen LogP contribution in [0.4, 0.5) is 0 Å². The van der Waals surface area contributed by atoms with Gasteiger partial charge in [-0.15, -0.1) is 0 Å². The summed E-state index contributed by atoms with van der Waals surface area (Å²) in [7, 11) is 1.56. The molecular formula is C25H28N2O6. The maximum absolute atomic E-state index is 13.1. The lowest BCUT2D eigenvalue weighted by Crippen LogP contribution is -2.42. The van der Waals surface area contributed by atoms with Gasteiger partial charge in [0.2, 0.25) is 0 Å². The fraction of sp³-hybridized carbons (Fsp3) is 0.360. The third-order valence-electron chi connectivity index (χ3n) is 6.18. The summed E-state index contributed by atoms with van der Waals surface area (Å²) >= 11 is 0. The van der Waals surface area contributed by atoms with Crippen LogP contribution in [-0.4, -0.2) is 78.2 Å². The Bertz CT molecular complexity index is 1070. The smallest absolute Gasteiger partial charge is 0.295 e. The van der Waals surface area contributed by atoms with Gasteiger partial charge in [-0.2, -0.15) is 0 Å². The quantitative estimate of drug-likeness (QED) is 0.395. The zero-order valence-electron chi connectivity index (χ0n) is 18.8. The first-order valence-electron chi connectivity index (χ1n) is 10.9. The van der Waals surface area contributed by atoms with Crippen LogP contribution < -0.4 is 4.74 Å². The number of benzene rings is 2. The second-order valence-electron chi connectivity index (χ2n) is 8.22. The SMILES string of the molecule is COc1ccc(/C(O)=C2\C(=O)C(=O)N(CCN3CCOCC3)[C@@H]2c2ccc(O)cc2)cc1C. The maximum atomic E-state index is 13.1. The number of amides is 1. The number of aromatic hydroxyl groups is 1. The van der Waals surface area contributed by atoms with E-state index in [0.29, 0.717) is 43.2 Å². The number of aliphatic hydroxyl groups excluding tert-OH is 1. The van der Waals surface area contributed by atoms with E-state index in [0.717, 1.165) is 18.7 Å². The number of phenols is 1. The molecule has 0 spiro atoms. The van der Waals surface area contributed by atoms with Gasteiger partial charge in [0.15, 0.2) is 0 Å². The number of carbonyl (C=O) groups excluding carboxylic acids is 2. The van der Waals surface area contributed by atoms with E-state index in [9.17, 15) is 19.8 Å². The molecule has 2 aromatic carbocycles. The van der Waals surface area contributed by atoms with E-state index in [4.69, 9.17) is 9.47 Å². The second-order valence-corrected chi connectivity index (χ2v) is 8.22. The first kappa shape index (κ1) is 22.8. The molecule has 2 aliphatic rings. The molecule has 0 bridgehead atoms. The minimum atomic E-state index is -0.756. The van der Waals surface area contributed by atoms with Gasteiger partial charge in [0.05, 0.1) is 31.9 Å². The highest BCUT2D eigenvalue weighted by molar-refractivity contribution is 6.46. The van der Waals surface area contributed by atoms with Gasteiger partial charge in [-0.3, -0.25) is 14.5 Å². The molecule has 2 heterocycles. The van der Waals surface area contributed by atoms with Crippen molar-refractivity contribution in [1.82, 2.24) is 9.80 Å². The van der Waals surface area contributed by atoms with Gasteiger partial charge in [0.1, 0.15) is 17.3 Å². The Morgan fingerprint density at radius 3 is 2.42 bits per heavy atom. The Morgan fingerprint density at radius 2 is 1.79 bits per heavy atom. The normalized spacial score (nSPS) is 20.9. The van der Waals surface area contributed by atoms with Gasteiger partial charge in [-0.25, -0.2) is 0 Å². The largest absolute Gasteiger partial charge is 0.508 e. The minimum Gasteiger partial charge on any atom is -0.508 e. The van der Waals surface area contributed by atoms with E-state index < -0.39 is 17.7 Å². The summed E-state index contributed by atoms with van der Waals surface area (Å²) in [5, 5.41) is 20.9. The van der Waals surface area contributed by atoms with Crippen molar-refractivity contribution in [1.29, 1.82) is 0 Å². The molecular weight excluding hydrogens is 424 g/mol. The Balaban J connectivity index is 1.74. The van der Waals surface area contributed by atoms with Crippen molar-refractivity contribution in [2.45, 2.75) is 13.0 Å². The van der Waals surface area contributed by atoms with Crippen LogP contribution in [0.3, 0.4) is 0 Å². The molecule has 2 aliphatic heterocycles. The number of Topliss-reactive ketones (excluding diaryl/α,β-unsaturated/α-hetero) is 1. The van der Waals surface area contributed by atoms with Crippen molar-refractivity contribution in [2.24, 2.45) is 0 Å². The van der Waals surface area contributed by atoms with E-state index in [-0.39, 0.29) is 17.1 Å². The van der Waals surface area contributed by atoms with Crippen LogP contribution in [0, 0.1) is 6.92 Å². The highest BCUT2D eigenvalue weighted by Crippen LogP contribution is 2.40. The van der Waals surface area contributed by atoms with Crippen LogP contribution in [0.2, 0.25) is 0 Å². The standard InChI is InChI=1S/C25H28N2O6/c1-16-15-18(5-8-20(16)32-2)23(29)21-22(17-3-6-19(28)7-4-17)27(25(31)24(21)30)10-9-26-11-13-33-14-12-26/h3-8,15,22,28-29H,9-14H2,1-2H3/b23-21+/t22-/m1/s1. The van der Waals surface area contributed by atoms with E-state index in [1.165, 1.54) is 17.0 Å². The van der Waals surface area contributed by atoms with Crippen LogP contribution in [0.15, 0.2) is 48.0 Å². The van der Waals surface area contributed by atoms with Crippen molar-refractivity contribution in [2.75, 3.05) is 46.5 Å². The average molecular weight is 453 g/mol. The molecule has 2 aromatic rings. The van der Waals surface area contributed by atoms with Gasteiger partial charge in [0.25, 0.3) is 11.7 Å². The number of hydrogen-bond donors (Lipinski definition) is 2. The van der Waals surface area contributed by atoms with Crippen molar-refractivity contribution < 1.29 is 29.3 Å². The number of methoxy groups -OCH3 is 1. The first-order valence-corrected chi connectivity index (χ1v) is 10.9. The molecule has 0 aliphatic carbocycles. The van der Waals surface area contributed by atoms with Crippen molar-refractivity contribution in [3.05, 3.63) is 64.7 Å². The lowest BCUT2D eigenvalue weighted by Gasteiger charge is -2.31. The molecule has 0 radical (unpaired) electrons. The number of aliphatic hydroxyl groups is 1. The fourth-order valence-electron chi connectivity index (χ4n) is 4.37. The van der Waals surface area contributed by atoms with Gasteiger partial charge in [-0.1, -0.05) is 12.1 Å². The van der Waals surface area contributed by atoms with Crippen LogP contribution in [0.25, 0.3) is 5.76 Å². The number of hydrogen-bond acceptors (Lipinski definition) is 7. The molecule has 1 amide bonds. The topological polar surface area (TPSA) is 99.5 Å². The summed E-state index contributed by atoms with van der Waals surface area (Å²) in [5.41, 5.74) is 1.91. The van der Waals surface area contributed by atoms with Crippen LogP contribution in [-0.2, 0) is 14.3 Å². The molecule has 0 saturated carbocycles. The molecule has 0 unspecified atom stereocenters. The molecule has 8 heteroatoms. The zero-order chi connectivity index (χ0) is 23.5. The third kappa shape index (κ3) is 4.58. The summed E-state index contributed by atoms with van der Waals surface area (Å²) < 4.78 is 10.7. The van der Waals surface area contributed by atoms with E-state index in [1.54, 1.807) is 37.4 Å². The zero-order valence-corrected chi connectivity index (χ0v) is 18.8. The molecule has 33 heavy (non-hydrogen) atoms. The molecule has 4 rings (SSSR count). The van der Waals surface area contributed by atoms with E-state index >= 15 is 0 Å². The fourth-order valence-corrected chi connectivity index (χ4v) is 4.37. The molecule has 1 atom stereocenters. The summed E-state index contributed by atoms with van der Waals surface area (Å²) in [4.78, 5) is 29.9. The van der Waals surface area contributed by atoms with Crippen molar-refractivity contribution >= 4 is 17.4 Å². The first-order chi connectivity index (χ1) is 15.9. The summed E-state index contributed by atoms with van der Waals surface area (Å²) in [5.74, 6) is -0.859. The molecule has 0 aromatic heterocycles. The lowest BCUT2D eigenvalue weighted by molar-refractivity contribution is -0.140. The maximum Gasteiger partial charge on any atom is 0.295 e. The van der Waals surface area contributed by atoms with Gasteiger partial charge < -0.3 is 24.6 Å². The molecule has 8 nitrogen and oxygen atoms in total. The Kier molecular flexibility index (Phi) is 6.67.